The van der Waals surface area contributed by atoms with Crippen molar-refractivity contribution >= 4 is 61.1 Å². The maximum atomic E-state index is 12.9. The van der Waals surface area contributed by atoms with Crippen molar-refractivity contribution in [3.8, 4) is 11.3 Å². The van der Waals surface area contributed by atoms with Gasteiger partial charge in [-0.2, -0.15) is 0 Å². The molecule has 4 rings (SSSR count). The predicted molar refractivity (Wildman–Crippen MR) is 121 cm³/mol. The maximum absolute atomic E-state index is 12.9. The molecule has 0 saturated carbocycles. The van der Waals surface area contributed by atoms with Crippen molar-refractivity contribution < 1.29 is 8.42 Å². The van der Waals surface area contributed by atoms with Crippen LogP contribution in [0.5, 0.6) is 0 Å². The van der Waals surface area contributed by atoms with E-state index in [-0.39, 0.29) is 0 Å². The van der Waals surface area contributed by atoms with Crippen molar-refractivity contribution in [2.75, 3.05) is 18.0 Å². The molecule has 0 aliphatic carbocycles. The smallest absolute Gasteiger partial charge is 0.185 e. The Morgan fingerprint density at radius 3 is 2.31 bits per heavy atom. The number of benzene rings is 2. The Hall–Kier alpha value is -1.31. The van der Waals surface area contributed by atoms with Crippen LogP contribution in [0.3, 0.4) is 0 Å². The van der Waals surface area contributed by atoms with Crippen LogP contribution in [0.15, 0.2) is 52.7 Å². The van der Waals surface area contributed by atoms with Gasteiger partial charge in [0.2, 0.25) is 0 Å². The lowest BCUT2D eigenvalue weighted by Crippen LogP contribution is -2.39. The summed E-state index contributed by atoms with van der Waals surface area (Å²) in [6, 6.07) is 11.8. The molecule has 0 unspecified atom stereocenters. The highest BCUT2D eigenvalue weighted by molar-refractivity contribution is 7.92. The van der Waals surface area contributed by atoms with Crippen molar-refractivity contribution in [2.24, 2.45) is 0 Å². The Morgan fingerprint density at radius 1 is 0.966 bits per heavy atom. The van der Waals surface area contributed by atoms with Gasteiger partial charge in [0.15, 0.2) is 15.0 Å². The average molecular weight is 488 g/mol. The molecule has 1 aliphatic rings. The van der Waals surface area contributed by atoms with Gasteiger partial charge < -0.3 is 4.90 Å². The Kier molecular flexibility index (Phi) is 6.09. The first-order valence-electron chi connectivity index (χ1n) is 9.00. The summed E-state index contributed by atoms with van der Waals surface area (Å²) < 4.78 is 25.8. The van der Waals surface area contributed by atoms with Crippen LogP contribution in [0.1, 0.15) is 12.8 Å². The van der Waals surface area contributed by atoms with Crippen molar-refractivity contribution in [1.29, 1.82) is 0 Å². The molecule has 4 nitrogen and oxygen atoms in total. The monoisotopic (exact) mass is 486 g/mol. The molecule has 1 fully saturated rings. The second-order valence-electron chi connectivity index (χ2n) is 6.83. The van der Waals surface area contributed by atoms with Crippen molar-refractivity contribution in [3.63, 3.8) is 0 Å². The minimum atomic E-state index is -3.36. The van der Waals surface area contributed by atoms with E-state index in [2.05, 4.69) is 4.90 Å². The lowest BCUT2D eigenvalue weighted by atomic mass is 10.1. The number of sulfone groups is 1. The fourth-order valence-electron chi connectivity index (χ4n) is 3.37. The molecule has 0 amide bonds. The Balaban J connectivity index is 1.45. The number of anilines is 1. The van der Waals surface area contributed by atoms with Crippen LogP contribution in [-0.2, 0) is 9.84 Å². The van der Waals surface area contributed by atoms with Crippen LogP contribution in [0, 0.1) is 0 Å². The molecule has 9 heteroatoms. The third kappa shape index (κ3) is 4.42. The molecule has 1 aromatic heterocycles. The quantitative estimate of drug-likeness (QED) is 0.439. The zero-order valence-corrected chi connectivity index (χ0v) is 19.1. The van der Waals surface area contributed by atoms with Crippen LogP contribution in [0.4, 0.5) is 5.13 Å². The predicted octanol–water partition coefficient (Wildman–Crippen LogP) is 6.21. The number of thiazole rings is 1. The van der Waals surface area contributed by atoms with E-state index in [1.54, 1.807) is 47.7 Å². The number of hydrogen-bond donors (Lipinski definition) is 0. The van der Waals surface area contributed by atoms with Gasteiger partial charge in [-0.05, 0) is 49.2 Å². The largest absolute Gasteiger partial charge is 0.348 e. The van der Waals surface area contributed by atoms with Crippen molar-refractivity contribution in [3.05, 3.63) is 62.9 Å². The first-order chi connectivity index (χ1) is 13.8. The average Bonchev–Trinajstić information content (AvgIpc) is 3.21. The molecule has 2 heterocycles. The van der Waals surface area contributed by atoms with Gasteiger partial charge in [-0.3, -0.25) is 0 Å². The highest BCUT2D eigenvalue weighted by Crippen LogP contribution is 2.34. The number of hydrogen-bond acceptors (Lipinski definition) is 5. The molecule has 152 valence electrons. The van der Waals surface area contributed by atoms with Crippen molar-refractivity contribution in [1.82, 2.24) is 4.98 Å². The first kappa shape index (κ1) is 20.9. The highest BCUT2D eigenvalue weighted by atomic mass is 35.5. The number of rotatable bonds is 4. The van der Waals surface area contributed by atoms with Gasteiger partial charge in [0.05, 0.1) is 25.9 Å². The van der Waals surface area contributed by atoms with Crippen LogP contribution in [-0.4, -0.2) is 31.7 Å². The molecule has 1 saturated heterocycles. The fourth-order valence-corrected chi connectivity index (χ4v) is 6.42. The van der Waals surface area contributed by atoms with Gasteiger partial charge in [0.1, 0.15) is 0 Å². The van der Waals surface area contributed by atoms with Gasteiger partial charge in [-0.15, -0.1) is 11.3 Å². The molecule has 0 bridgehead atoms. The molecule has 3 aromatic rings. The third-order valence-corrected chi connectivity index (χ3v) is 9.17. The maximum Gasteiger partial charge on any atom is 0.185 e. The Morgan fingerprint density at radius 2 is 1.66 bits per heavy atom. The van der Waals surface area contributed by atoms with E-state index in [9.17, 15) is 8.42 Å². The first-order valence-corrected chi connectivity index (χ1v) is 12.6. The molecule has 29 heavy (non-hydrogen) atoms. The van der Waals surface area contributed by atoms with Gasteiger partial charge in [-0.1, -0.05) is 40.9 Å². The number of piperidine rings is 1. The summed E-state index contributed by atoms with van der Waals surface area (Å²) in [7, 11) is -3.36. The summed E-state index contributed by atoms with van der Waals surface area (Å²) >= 11 is 19.5. The molecule has 0 N–H and O–H groups in total. The van der Waals surface area contributed by atoms with E-state index in [4.69, 9.17) is 39.8 Å². The SMILES string of the molecule is O=S(=O)(c1ccc(Cl)cc1)C1CCN(c2nc(-c3ccc(Cl)c(Cl)c3)cs2)CC1. The molecule has 2 aromatic carbocycles. The number of nitrogens with zero attached hydrogens (tertiary/aromatic N) is 2. The second kappa shape index (κ2) is 8.44. The number of aromatic nitrogens is 1. The minimum Gasteiger partial charge on any atom is -0.348 e. The normalized spacial score (nSPS) is 15.6. The molecule has 0 spiro atoms. The molecule has 0 atom stereocenters. The molecule has 1 aliphatic heterocycles. The van der Waals surface area contributed by atoms with Gasteiger partial charge >= 0.3 is 0 Å². The number of halogens is 3. The summed E-state index contributed by atoms with van der Waals surface area (Å²) in [5, 5.41) is 4.00. The van der Waals surface area contributed by atoms with Crippen LogP contribution in [0.25, 0.3) is 11.3 Å². The highest BCUT2D eigenvalue weighted by Gasteiger charge is 2.32. The third-order valence-electron chi connectivity index (χ3n) is 5.00. The van der Waals surface area contributed by atoms with Crippen LogP contribution < -0.4 is 4.90 Å². The topological polar surface area (TPSA) is 50.3 Å². The van der Waals surface area contributed by atoms with E-state index in [1.165, 1.54) is 0 Å². The Labute approximate surface area is 189 Å². The standard InChI is InChI=1S/C20H17Cl3N2O2S2/c21-14-2-4-15(5-3-14)29(26,27)16-7-9-25(10-8-16)20-24-19(12-28-20)13-1-6-17(22)18(23)11-13/h1-6,11-12,16H,7-10H2. The molecular weight excluding hydrogens is 471 g/mol. The zero-order valence-electron chi connectivity index (χ0n) is 15.2. The van der Waals surface area contributed by atoms with E-state index in [1.807, 2.05) is 11.4 Å². The van der Waals surface area contributed by atoms with E-state index >= 15 is 0 Å². The van der Waals surface area contributed by atoms with E-state index in [0.717, 1.165) is 16.4 Å². The van der Waals surface area contributed by atoms with E-state index in [0.29, 0.717) is 45.9 Å². The lowest BCUT2D eigenvalue weighted by molar-refractivity contribution is 0.529. The fraction of sp³-hybridized carbons (Fsp3) is 0.250. The molecular formula is C20H17Cl3N2O2S2. The van der Waals surface area contributed by atoms with Gasteiger partial charge in [-0.25, -0.2) is 13.4 Å². The summed E-state index contributed by atoms with van der Waals surface area (Å²) in [5.41, 5.74) is 1.74. The second-order valence-corrected chi connectivity index (χ2v) is 11.1. The Bertz CT molecular complexity index is 1120. The van der Waals surface area contributed by atoms with Crippen LogP contribution in [0.2, 0.25) is 15.1 Å². The minimum absolute atomic E-state index is 0.330. The van der Waals surface area contributed by atoms with Gasteiger partial charge in [0, 0.05) is 29.1 Å². The van der Waals surface area contributed by atoms with Gasteiger partial charge in [0.25, 0.3) is 0 Å². The zero-order chi connectivity index (χ0) is 20.6. The van der Waals surface area contributed by atoms with Crippen LogP contribution >= 0.6 is 46.1 Å². The summed E-state index contributed by atoms with van der Waals surface area (Å²) in [5.74, 6) is 0. The summed E-state index contributed by atoms with van der Waals surface area (Å²) in [4.78, 5) is 7.18. The summed E-state index contributed by atoms with van der Waals surface area (Å²) in [6.45, 7) is 1.29. The molecule has 0 radical (unpaired) electrons. The summed E-state index contributed by atoms with van der Waals surface area (Å²) in [6.07, 6.45) is 1.12. The lowest BCUT2D eigenvalue weighted by Gasteiger charge is -2.31. The van der Waals surface area contributed by atoms with E-state index < -0.39 is 15.1 Å². The van der Waals surface area contributed by atoms with Crippen molar-refractivity contribution in [2.45, 2.75) is 23.0 Å².